The number of ether oxygens (including phenoxy) is 1. The number of hydrogen-bond acceptors (Lipinski definition) is 1. The van der Waals surface area contributed by atoms with Crippen LogP contribution in [0.25, 0.3) is 0 Å². The summed E-state index contributed by atoms with van der Waals surface area (Å²) in [5, 5.41) is -2.01. The molecule has 0 aromatic carbocycles. The van der Waals surface area contributed by atoms with E-state index in [1.807, 2.05) is 0 Å². The number of halogens is 6. The second-order valence-electron chi connectivity index (χ2n) is 1.34. The van der Waals surface area contributed by atoms with Gasteiger partial charge in [0.1, 0.15) is 0 Å². The van der Waals surface area contributed by atoms with Crippen molar-refractivity contribution in [1.29, 1.82) is 0 Å². The molecule has 0 aromatic heterocycles. The molecule has 0 spiro atoms. The standard InChI is InChI=1S/C4H2ClF5O/c5-1(6)3(9)11-4(10)2(7)8/h2,4H. The van der Waals surface area contributed by atoms with Crippen molar-refractivity contribution in [3.63, 3.8) is 0 Å². The highest BCUT2D eigenvalue weighted by molar-refractivity contribution is 6.28. The topological polar surface area (TPSA) is 9.23 Å². The van der Waals surface area contributed by atoms with Gasteiger partial charge in [0, 0.05) is 0 Å². The predicted octanol–water partition coefficient (Wildman–Crippen LogP) is 2.87. The summed E-state index contributed by atoms with van der Waals surface area (Å²) >= 11 is 4.28. The molecule has 0 saturated carbocycles. The predicted molar refractivity (Wildman–Crippen MR) is 27.1 cm³/mol. The highest BCUT2D eigenvalue weighted by Gasteiger charge is 2.23. The van der Waals surface area contributed by atoms with Gasteiger partial charge in [-0.05, 0) is 11.6 Å². The Labute approximate surface area is 63.4 Å². The van der Waals surface area contributed by atoms with Crippen molar-refractivity contribution in [2.24, 2.45) is 0 Å². The van der Waals surface area contributed by atoms with Crippen LogP contribution in [0.2, 0.25) is 0 Å². The first-order valence-corrected chi connectivity index (χ1v) is 2.62. The van der Waals surface area contributed by atoms with Gasteiger partial charge in [-0.15, -0.1) is 0 Å². The van der Waals surface area contributed by atoms with E-state index in [1.54, 1.807) is 0 Å². The molecule has 0 amide bonds. The van der Waals surface area contributed by atoms with Crippen molar-refractivity contribution >= 4 is 11.6 Å². The second kappa shape index (κ2) is 4.38. The smallest absolute Gasteiger partial charge is 0.324 e. The number of hydrogen-bond donors (Lipinski definition) is 0. The molecule has 1 nitrogen and oxygen atoms in total. The Morgan fingerprint density at radius 1 is 1.18 bits per heavy atom. The fourth-order valence-corrected chi connectivity index (χ4v) is 0.239. The van der Waals surface area contributed by atoms with Crippen LogP contribution >= 0.6 is 11.6 Å². The van der Waals surface area contributed by atoms with Crippen LogP contribution in [0.1, 0.15) is 0 Å². The molecule has 0 radical (unpaired) electrons. The maximum atomic E-state index is 11.7. The molecule has 11 heavy (non-hydrogen) atoms. The summed E-state index contributed by atoms with van der Waals surface area (Å²) in [6.07, 6.45) is -6.75. The van der Waals surface area contributed by atoms with Gasteiger partial charge in [-0.1, -0.05) is 0 Å². The fourth-order valence-electron chi connectivity index (χ4n) is 0.195. The maximum Gasteiger partial charge on any atom is 0.324 e. The van der Waals surface area contributed by atoms with Gasteiger partial charge >= 0.3 is 18.8 Å². The zero-order valence-corrected chi connectivity index (χ0v) is 5.59. The van der Waals surface area contributed by atoms with Gasteiger partial charge in [-0.2, -0.15) is 13.2 Å². The van der Waals surface area contributed by atoms with Crippen molar-refractivity contribution in [1.82, 2.24) is 0 Å². The first-order valence-electron chi connectivity index (χ1n) is 2.24. The third-order valence-electron chi connectivity index (χ3n) is 0.563. The van der Waals surface area contributed by atoms with Crippen LogP contribution in [0.4, 0.5) is 22.0 Å². The molecule has 1 atom stereocenters. The van der Waals surface area contributed by atoms with Gasteiger partial charge in [0.15, 0.2) is 0 Å². The van der Waals surface area contributed by atoms with E-state index < -0.39 is 24.1 Å². The lowest BCUT2D eigenvalue weighted by Crippen LogP contribution is -2.14. The van der Waals surface area contributed by atoms with Crippen molar-refractivity contribution in [3.05, 3.63) is 11.3 Å². The maximum absolute atomic E-state index is 11.7. The molecule has 0 N–H and O–H groups in total. The van der Waals surface area contributed by atoms with Crippen molar-refractivity contribution in [2.45, 2.75) is 12.8 Å². The monoisotopic (exact) mass is 196 g/mol. The number of alkyl halides is 3. The molecule has 7 heteroatoms. The van der Waals surface area contributed by atoms with E-state index in [9.17, 15) is 22.0 Å². The zero-order valence-electron chi connectivity index (χ0n) is 4.83. The minimum Gasteiger partial charge on any atom is -0.427 e. The molecule has 0 saturated heterocycles. The Kier molecular flexibility index (Phi) is 4.17. The van der Waals surface area contributed by atoms with E-state index in [2.05, 4.69) is 16.3 Å². The van der Waals surface area contributed by atoms with Gasteiger partial charge in [0.2, 0.25) is 0 Å². The molecule has 0 aromatic rings. The van der Waals surface area contributed by atoms with Crippen LogP contribution in [-0.2, 0) is 4.74 Å². The molecular formula is C4H2ClF5O. The quantitative estimate of drug-likeness (QED) is 0.498. The lowest BCUT2D eigenvalue weighted by molar-refractivity contribution is -0.118. The van der Waals surface area contributed by atoms with Gasteiger partial charge in [-0.3, -0.25) is 0 Å². The van der Waals surface area contributed by atoms with E-state index in [1.165, 1.54) is 0 Å². The van der Waals surface area contributed by atoms with Crippen LogP contribution in [-0.4, -0.2) is 12.8 Å². The van der Waals surface area contributed by atoms with E-state index in [-0.39, 0.29) is 0 Å². The van der Waals surface area contributed by atoms with Crippen molar-refractivity contribution < 1.29 is 26.7 Å². The molecule has 0 rings (SSSR count). The summed E-state index contributed by atoms with van der Waals surface area (Å²) in [7, 11) is 0. The molecular weight excluding hydrogens is 194 g/mol. The summed E-state index contributed by atoms with van der Waals surface area (Å²) in [6.45, 7) is 0. The minimum atomic E-state index is -3.54. The lowest BCUT2D eigenvalue weighted by atomic mass is 10.7. The Bertz CT molecular complexity index is 155. The first kappa shape index (κ1) is 10.5. The molecule has 0 aliphatic rings. The van der Waals surface area contributed by atoms with Gasteiger partial charge < -0.3 is 4.74 Å². The second-order valence-corrected chi connectivity index (χ2v) is 1.67. The van der Waals surface area contributed by atoms with Crippen LogP contribution in [0.15, 0.2) is 11.3 Å². The van der Waals surface area contributed by atoms with E-state index >= 15 is 0 Å². The van der Waals surface area contributed by atoms with Gasteiger partial charge in [0.05, 0.1) is 0 Å². The Balaban J connectivity index is 3.96. The van der Waals surface area contributed by atoms with Gasteiger partial charge in [-0.25, -0.2) is 8.78 Å². The highest BCUT2D eigenvalue weighted by Crippen LogP contribution is 2.18. The summed E-state index contributed by atoms with van der Waals surface area (Å²) < 4.78 is 60.3. The van der Waals surface area contributed by atoms with Crippen molar-refractivity contribution in [2.75, 3.05) is 0 Å². The molecule has 0 aliphatic carbocycles. The molecule has 0 heterocycles. The zero-order chi connectivity index (χ0) is 9.02. The average molecular weight is 197 g/mol. The Morgan fingerprint density at radius 3 is 1.91 bits per heavy atom. The molecule has 66 valence electrons. The summed E-state index contributed by atoms with van der Waals surface area (Å²) in [5.74, 6) is 0. The largest absolute Gasteiger partial charge is 0.427 e. The molecule has 1 unspecified atom stereocenters. The van der Waals surface area contributed by atoms with E-state index in [0.29, 0.717) is 0 Å². The summed E-state index contributed by atoms with van der Waals surface area (Å²) in [4.78, 5) is 0. The minimum absolute atomic E-state index is 2.01. The fraction of sp³-hybridized carbons (Fsp3) is 0.500. The summed E-state index contributed by atoms with van der Waals surface area (Å²) in [5.41, 5.74) is 0. The average Bonchev–Trinajstić information content (AvgIpc) is 1.87. The van der Waals surface area contributed by atoms with Gasteiger partial charge in [0.25, 0.3) is 5.29 Å². The number of rotatable bonds is 3. The third-order valence-corrected chi connectivity index (χ3v) is 0.711. The van der Waals surface area contributed by atoms with Crippen LogP contribution in [0.3, 0.4) is 0 Å². The molecule has 0 aliphatic heterocycles. The normalized spacial score (nSPS) is 16.3. The van der Waals surface area contributed by atoms with Crippen LogP contribution in [0, 0.1) is 0 Å². The van der Waals surface area contributed by atoms with Crippen LogP contribution < -0.4 is 0 Å². The third kappa shape index (κ3) is 4.02. The first-order chi connectivity index (χ1) is 4.95. The van der Waals surface area contributed by atoms with Crippen LogP contribution in [0.5, 0.6) is 0 Å². The molecule has 0 bridgehead atoms. The Morgan fingerprint density at radius 2 is 1.64 bits per heavy atom. The Hall–Kier alpha value is -0.520. The van der Waals surface area contributed by atoms with E-state index in [4.69, 9.17) is 0 Å². The van der Waals surface area contributed by atoms with E-state index in [0.717, 1.165) is 0 Å². The van der Waals surface area contributed by atoms with Crippen molar-refractivity contribution in [3.8, 4) is 0 Å². The molecule has 0 fully saturated rings. The lowest BCUT2D eigenvalue weighted by Gasteiger charge is -2.06. The summed E-state index contributed by atoms with van der Waals surface area (Å²) in [6, 6.07) is -2.19. The SMILES string of the molecule is FC(Cl)=C(F)OC(F)C(F)F. The highest BCUT2D eigenvalue weighted by atomic mass is 35.5.